The summed E-state index contributed by atoms with van der Waals surface area (Å²) < 4.78 is 27.1. The van der Waals surface area contributed by atoms with Crippen LogP contribution < -0.4 is 0 Å². The van der Waals surface area contributed by atoms with Crippen molar-refractivity contribution in [1.29, 1.82) is 0 Å². The minimum absolute atomic E-state index is 0.168. The van der Waals surface area contributed by atoms with Crippen molar-refractivity contribution in [2.45, 2.75) is 13.0 Å². The van der Waals surface area contributed by atoms with Gasteiger partial charge in [-0.05, 0) is 30.2 Å². The summed E-state index contributed by atoms with van der Waals surface area (Å²) in [7, 11) is 0. The number of hydrogen-bond donors (Lipinski definition) is 1. The van der Waals surface area contributed by atoms with Gasteiger partial charge >= 0.3 is 0 Å². The third-order valence-electron chi connectivity index (χ3n) is 2.62. The molecule has 1 atom stereocenters. The fourth-order valence-electron chi connectivity index (χ4n) is 1.68. The van der Waals surface area contributed by atoms with Crippen molar-refractivity contribution in [3.8, 4) is 11.1 Å². The van der Waals surface area contributed by atoms with Crippen LogP contribution in [0.4, 0.5) is 8.78 Å². The highest BCUT2D eigenvalue weighted by Crippen LogP contribution is 2.28. The summed E-state index contributed by atoms with van der Waals surface area (Å²) >= 11 is 0. The van der Waals surface area contributed by atoms with E-state index >= 15 is 0 Å². The summed E-state index contributed by atoms with van der Waals surface area (Å²) in [6, 6.07) is 11.2. The molecule has 0 aliphatic carbocycles. The van der Waals surface area contributed by atoms with Gasteiger partial charge in [0.2, 0.25) is 0 Å². The number of aliphatic hydroxyl groups excluding tert-OH is 1. The summed E-state index contributed by atoms with van der Waals surface area (Å²) in [5.74, 6) is -1.83. The Morgan fingerprint density at radius 3 is 2.29 bits per heavy atom. The van der Waals surface area contributed by atoms with Gasteiger partial charge in [-0.25, -0.2) is 8.78 Å². The van der Waals surface area contributed by atoms with E-state index in [0.717, 1.165) is 6.07 Å². The Kier molecular flexibility index (Phi) is 3.20. The first-order valence-corrected chi connectivity index (χ1v) is 5.32. The highest BCUT2D eigenvalue weighted by molar-refractivity contribution is 5.65. The van der Waals surface area contributed by atoms with Crippen LogP contribution >= 0.6 is 0 Å². The monoisotopic (exact) mass is 234 g/mol. The molecule has 0 aromatic heterocycles. The van der Waals surface area contributed by atoms with Crippen LogP contribution in [0.15, 0.2) is 42.5 Å². The van der Waals surface area contributed by atoms with Gasteiger partial charge in [0.25, 0.3) is 0 Å². The third kappa shape index (κ3) is 2.34. The molecule has 1 N–H and O–H groups in total. The van der Waals surface area contributed by atoms with Gasteiger partial charge in [0.05, 0.1) is 6.10 Å². The molecule has 88 valence electrons. The van der Waals surface area contributed by atoms with Crippen molar-refractivity contribution in [2.75, 3.05) is 0 Å². The molecule has 0 amide bonds. The van der Waals surface area contributed by atoms with Gasteiger partial charge in [-0.1, -0.05) is 30.3 Å². The van der Waals surface area contributed by atoms with E-state index in [2.05, 4.69) is 0 Å². The lowest BCUT2D eigenvalue weighted by atomic mass is 10.00. The second-order valence-electron chi connectivity index (χ2n) is 3.91. The Bertz CT molecular complexity index is 521. The average molecular weight is 234 g/mol. The minimum Gasteiger partial charge on any atom is -0.389 e. The largest absolute Gasteiger partial charge is 0.389 e. The average Bonchev–Trinajstić information content (AvgIpc) is 2.33. The Labute approximate surface area is 98.3 Å². The third-order valence-corrected chi connectivity index (χ3v) is 2.62. The molecular weight excluding hydrogens is 222 g/mol. The van der Waals surface area contributed by atoms with Crippen molar-refractivity contribution < 1.29 is 13.9 Å². The van der Waals surface area contributed by atoms with Crippen LogP contribution in [-0.4, -0.2) is 5.11 Å². The van der Waals surface area contributed by atoms with Crippen LogP contribution in [0.5, 0.6) is 0 Å². The Morgan fingerprint density at radius 1 is 1.06 bits per heavy atom. The highest BCUT2D eigenvalue weighted by Gasteiger charge is 2.14. The maximum atomic E-state index is 13.7. The molecule has 0 heterocycles. The van der Waals surface area contributed by atoms with E-state index < -0.39 is 17.7 Å². The van der Waals surface area contributed by atoms with Crippen molar-refractivity contribution >= 4 is 0 Å². The molecule has 0 radical (unpaired) electrons. The van der Waals surface area contributed by atoms with E-state index in [9.17, 15) is 13.9 Å². The van der Waals surface area contributed by atoms with E-state index in [0.29, 0.717) is 11.1 Å². The first kappa shape index (κ1) is 11.7. The number of benzene rings is 2. The van der Waals surface area contributed by atoms with E-state index in [1.54, 1.807) is 30.3 Å². The van der Waals surface area contributed by atoms with Gasteiger partial charge in [0.15, 0.2) is 11.6 Å². The Balaban J connectivity index is 2.61. The zero-order valence-electron chi connectivity index (χ0n) is 9.32. The lowest BCUT2D eigenvalue weighted by molar-refractivity contribution is 0.198. The summed E-state index contributed by atoms with van der Waals surface area (Å²) in [4.78, 5) is 0. The molecule has 0 saturated heterocycles. The topological polar surface area (TPSA) is 20.2 Å². The molecule has 0 saturated carbocycles. The molecule has 0 aliphatic heterocycles. The standard InChI is InChI=1S/C14H12F2O/c1-9(17)11-7-12(14(16)13(15)8-11)10-5-3-2-4-6-10/h2-9,17H,1H3. The molecule has 0 spiro atoms. The SMILES string of the molecule is CC(O)c1cc(F)c(F)c(-c2ccccc2)c1. The second kappa shape index (κ2) is 4.63. The van der Waals surface area contributed by atoms with E-state index in [1.807, 2.05) is 0 Å². The first-order valence-electron chi connectivity index (χ1n) is 5.32. The molecule has 2 rings (SSSR count). The van der Waals surface area contributed by atoms with Crippen LogP contribution in [-0.2, 0) is 0 Å². The molecule has 1 nitrogen and oxygen atoms in total. The maximum absolute atomic E-state index is 13.7. The zero-order valence-corrected chi connectivity index (χ0v) is 9.32. The van der Waals surface area contributed by atoms with Crippen LogP contribution in [0.3, 0.4) is 0 Å². The number of aliphatic hydroxyl groups is 1. The van der Waals surface area contributed by atoms with Crippen molar-refractivity contribution in [3.05, 3.63) is 59.7 Å². The number of halogens is 2. The lowest BCUT2D eigenvalue weighted by Crippen LogP contribution is -1.97. The normalized spacial score (nSPS) is 12.5. The van der Waals surface area contributed by atoms with Crippen LogP contribution in [0, 0.1) is 11.6 Å². The van der Waals surface area contributed by atoms with Gasteiger partial charge in [-0.3, -0.25) is 0 Å². The smallest absolute Gasteiger partial charge is 0.166 e. The number of rotatable bonds is 2. The van der Waals surface area contributed by atoms with Crippen molar-refractivity contribution in [3.63, 3.8) is 0 Å². The van der Waals surface area contributed by atoms with Crippen LogP contribution in [0.1, 0.15) is 18.6 Å². The summed E-state index contributed by atoms with van der Waals surface area (Å²) in [6.45, 7) is 1.52. The zero-order chi connectivity index (χ0) is 12.4. The Hall–Kier alpha value is -1.74. The maximum Gasteiger partial charge on any atom is 0.166 e. The van der Waals surface area contributed by atoms with Gasteiger partial charge in [0.1, 0.15) is 0 Å². The van der Waals surface area contributed by atoms with Crippen LogP contribution in [0.2, 0.25) is 0 Å². The van der Waals surface area contributed by atoms with E-state index in [-0.39, 0.29) is 5.56 Å². The fourth-order valence-corrected chi connectivity index (χ4v) is 1.68. The first-order chi connectivity index (χ1) is 8.09. The summed E-state index contributed by atoms with van der Waals surface area (Å²) in [6.07, 6.45) is -0.826. The molecule has 3 heteroatoms. The highest BCUT2D eigenvalue weighted by atomic mass is 19.2. The van der Waals surface area contributed by atoms with E-state index in [1.165, 1.54) is 13.0 Å². The molecule has 2 aromatic carbocycles. The molecule has 1 unspecified atom stereocenters. The van der Waals surface area contributed by atoms with E-state index in [4.69, 9.17) is 0 Å². The second-order valence-corrected chi connectivity index (χ2v) is 3.91. The molecule has 0 aliphatic rings. The predicted octanol–water partition coefficient (Wildman–Crippen LogP) is 3.69. The van der Waals surface area contributed by atoms with Gasteiger partial charge in [0, 0.05) is 5.56 Å². The predicted molar refractivity (Wildman–Crippen MR) is 62.4 cm³/mol. The van der Waals surface area contributed by atoms with Crippen molar-refractivity contribution in [2.24, 2.45) is 0 Å². The molecule has 0 bridgehead atoms. The van der Waals surface area contributed by atoms with Gasteiger partial charge in [-0.2, -0.15) is 0 Å². The summed E-state index contributed by atoms with van der Waals surface area (Å²) in [5.41, 5.74) is 1.12. The lowest BCUT2D eigenvalue weighted by Gasteiger charge is -2.10. The van der Waals surface area contributed by atoms with Gasteiger partial charge in [-0.15, -0.1) is 0 Å². The van der Waals surface area contributed by atoms with Crippen molar-refractivity contribution in [1.82, 2.24) is 0 Å². The van der Waals surface area contributed by atoms with Gasteiger partial charge < -0.3 is 5.11 Å². The minimum atomic E-state index is -0.942. The van der Waals surface area contributed by atoms with Crippen LogP contribution in [0.25, 0.3) is 11.1 Å². The Morgan fingerprint density at radius 2 is 1.71 bits per heavy atom. The molecule has 17 heavy (non-hydrogen) atoms. The fraction of sp³-hybridized carbons (Fsp3) is 0.143. The molecule has 2 aromatic rings. The summed E-state index contributed by atoms with van der Waals surface area (Å²) in [5, 5.41) is 9.42. The molecule has 0 fully saturated rings. The quantitative estimate of drug-likeness (QED) is 0.840. The molecular formula is C14H12F2O. The number of hydrogen-bond acceptors (Lipinski definition) is 1.